The number of aliphatic hydroxyl groups is 1. The number of aliphatic carboxylic acids is 1. The van der Waals surface area contributed by atoms with Gasteiger partial charge in [-0.15, -0.1) is 0 Å². The standard InChI is InChI=1S/C44H70N12O12/c1-20(2)16-31(40(65)50-22(5)37(46)62)53-39(64)30(13-14-33(60)61)52-43(68)36(21(3)4)56-19-25(17-32(56)59)51-41(66)34(23(6)57)54-42(67)35(28-18-27(28)24-9-11-26(58)12-10-24)55-38(63)29(45)8-7-15-49-44(47)48/h9-12,20-23,25,27-31,34-36,57-58H,7-8,13-19,45H2,1-6H3,(H2,46,62)(H,50,65)(H,51,66)(H,52,68)(H,53,64)(H,54,67)(H,55,63)(H,60,61)(H4,47,48,49)/t22-,23-,25+,27-,28?,29-,30-,31-,34?,35?,36-/m1/s1. The number of hydrogen-bond acceptors (Lipinski definition) is 13. The minimum absolute atomic E-state index is 0.0390. The van der Waals surface area contributed by atoms with Crippen molar-refractivity contribution in [3.63, 3.8) is 0 Å². The second-order valence-corrected chi connectivity index (χ2v) is 18.3. The predicted molar refractivity (Wildman–Crippen MR) is 246 cm³/mol. The van der Waals surface area contributed by atoms with Crippen LogP contribution in [0.25, 0.3) is 0 Å². The molecule has 1 saturated carbocycles. The molecule has 24 heteroatoms. The number of nitrogens with one attached hydrogen (secondary N) is 6. The highest BCUT2D eigenvalue weighted by atomic mass is 16.4. The number of primary amides is 1. The van der Waals surface area contributed by atoms with E-state index in [1.807, 2.05) is 0 Å². The molecule has 1 heterocycles. The average molecular weight is 959 g/mol. The highest BCUT2D eigenvalue weighted by Crippen LogP contribution is 2.50. The molecule has 1 aromatic rings. The third kappa shape index (κ3) is 16.9. The predicted octanol–water partition coefficient (Wildman–Crippen LogP) is -3.16. The van der Waals surface area contributed by atoms with Crippen molar-refractivity contribution in [2.24, 2.45) is 45.7 Å². The van der Waals surface area contributed by atoms with Crippen LogP contribution < -0.4 is 54.8 Å². The van der Waals surface area contributed by atoms with E-state index >= 15 is 0 Å². The number of carboxylic acids is 1. The Kier molecular flexibility index (Phi) is 20.9. The zero-order valence-corrected chi connectivity index (χ0v) is 39.4. The fourth-order valence-corrected chi connectivity index (χ4v) is 7.96. The van der Waals surface area contributed by atoms with Crippen molar-refractivity contribution in [2.75, 3.05) is 13.1 Å². The van der Waals surface area contributed by atoms with E-state index < -0.39 is 126 Å². The Labute approximate surface area is 394 Å². The maximum atomic E-state index is 14.0. The topological polar surface area (TPSA) is 406 Å². The number of aromatic hydroxyl groups is 1. The minimum atomic E-state index is -1.58. The number of phenolic OH excluding ortho intramolecular Hbond substituents is 1. The summed E-state index contributed by atoms with van der Waals surface area (Å²) < 4.78 is 0. The molecule has 3 unspecified atom stereocenters. The first kappa shape index (κ1) is 55.8. The monoisotopic (exact) mass is 959 g/mol. The summed E-state index contributed by atoms with van der Waals surface area (Å²) in [5.41, 5.74) is 23.0. The molecule has 0 spiro atoms. The van der Waals surface area contributed by atoms with Crippen LogP contribution in [0, 0.1) is 17.8 Å². The molecule has 1 aliphatic carbocycles. The number of carbonyl (C=O) groups excluding carboxylic acids is 8. The molecule has 1 aromatic carbocycles. The second-order valence-electron chi connectivity index (χ2n) is 18.3. The van der Waals surface area contributed by atoms with Gasteiger partial charge in [-0.25, -0.2) is 0 Å². The van der Waals surface area contributed by atoms with Gasteiger partial charge in [0.05, 0.1) is 18.2 Å². The Hall–Kier alpha value is -6.56. The van der Waals surface area contributed by atoms with Crippen LogP contribution in [0.5, 0.6) is 5.75 Å². The summed E-state index contributed by atoms with van der Waals surface area (Å²) in [6.45, 7) is 9.48. The van der Waals surface area contributed by atoms with Gasteiger partial charge in [-0.3, -0.25) is 48.1 Å². The molecule has 2 aliphatic rings. The van der Waals surface area contributed by atoms with Gasteiger partial charge in [0.2, 0.25) is 47.3 Å². The van der Waals surface area contributed by atoms with Crippen molar-refractivity contribution < 1.29 is 58.5 Å². The minimum Gasteiger partial charge on any atom is -0.508 e. The van der Waals surface area contributed by atoms with Gasteiger partial charge >= 0.3 is 5.97 Å². The van der Waals surface area contributed by atoms with Gasteiger partial charge in [0, 0.05) is 25.9 Å². The van der Waals surface area contributed by atoms with Gasteiger partial charge in [0.15, 0.2) is 5.96 Å². The number of nitrogens with zero attached hydrogens (tertiary/aromatic N) is 2. The number of aliphatic hydroxyl groups excluding tert-OH is 1. The summed E-state index contributed by atoms with van der Waals surface area (Å²) in [4.78, 5) is 124. The maximum absolute atomic E-state index is 14.0. The van der Waals surface area contributed by atoms with Gasteiger partial charge in [-0.1, -0.05) is 39.8 Å². The molecule has 378 valence electrons. The van der Waals surface area contributed by atoms with E-state index in [1.54, 1.807) is 39.8 Å². The highest BCUT2D eigenvalue weighted by Gasteiger charge is 2.49. The smallest absolute Gasteiger partial charge is 0.303 e. The molecule has 68 heavy (non-hydrogen) atoms. The van der Waals surface area contributed by atoms with E-state index in [9.17, 15) is 58.5 Å². The lowest BCUT2D eigenvalue weighted by Gasteiger charge is -2.32. The van der Waals surface area contributed by atoms with E-state index in [1.165, 1.54) is 30.9 Å². The lowest BCUT2D eigenvalue weighted by atomic mass is 9.99. The first-order valence-electron chi connectivity index (χ1n) is 22.7. The summed E-state index contributed by atoms with van der Waals surface area (Å²) in [7, 11) is 0. The molecular formula is C44H70N12O12. The van der Waals surface area contributed by atoms with Gasteiger partial charge < -0.3 is 75.1 Å². The number of carboxylic acid groups (broad SMARTS) is 1. The third-order valence-electron chi connectivity index (χ3n) is 11.7. The fourth-order valence-electron chi connectivity index (χ4n) is 7.96. The van der Waals surface area contributed by atoms with Crippen LogP contribution in [0.2, 0.25) is 0 Å². The SMILES string of the molecule is CC(C)C[C@@H](NC(=O)[C@@H](CCC(=O)O)NC(=O)[C@@H](C(C)C)N1C[C@@H](NC(=O)C(NC(=O)C(NC(=O)[C@H](N)CCCN=C(N)N)C2C[C@@H]2c2ccc(O)cc2)[C@@H](C)O)CC1=O)C(=O)N[C@H](C)C(N)=O. The lowest BCUT2D eigenvalue weighted by Crippen LogP contribution is -2.60. The second kappa shape index (κ2) is 25.5. The summed E-state index contributed by atoms with van der Waals surface area (Å²) in [6.07, 6.45) is -1.60. The number of carbonyl (C=O) groups is 9. The molecule has 11 atom stereocenters. The molecular weight excluding hydrogens is 889 g/mol. The van der Waals surface area contributed by atoms with Gasteiger partial charge in [0.1, 0.15) is 42.0 Å². The van der Waals surface area contributed by atoms with Crippen LogP contribution in [0.4, 0.5) is 0 Å². The number of rotatable bonds is 27. The Morgan fingerprint density at radius 2 is 1.41 bits per heavy atom. The Morgan fingerprint density at radius 1 is 0.794 bits per heavy atom. The number of aliphatic imine (C=N–C) groups is 1. The van der Waals surface area contributed by atoms with E-state index in [-0.39, 0.29) is 62.3 Å². The van der Waals surface area contributed by atoms with E-state index in [0.29, 0.717) is 12.8 Å². The number of hydrogen-bond donors (Lipinski definition) is 13. The summed E-state index contributed by atoms with van der Waals surface area (Å²) in [5.74, 6) is -8.86. The van der Waals surface area contributed by atoms with Gasteiger partial charge in [-0.2, -0.15) is 0 Å². The first-order valence-corrected chi connectivity index (χ1v) is 22.7. The lowest BCUT2D eigenvalue weighted by molar-refractivity contribution is -0.141. The van der Waals surface area contributed by atoms with Crippen molar-refractivity contribution in [2.45, 2.75) is 147 Å². The Balaban J connectivity index is 1.77. The van der Waals surface area contributed by atoms with Crippen molar-refractivity contribution in [1.82, 2.24) is 36.8 Å². The summed E-state index contributed by atoms with van der Waals surface area (Å²) in [5, 5.41) is 45.5. The molecule has 0 bridgehead atoms. The van der Waals surface area contributed by atoms with Gasteiger partial charge in [0.25, 0.3) is 0 Å². The van der Waals surface area contributed by atoms with Crippen LogP contribution in [-0.2, 0) is 43.2 Å². The molecule has 8 amide bonds. The largest absolute Gasteiger partial charge is 0.508 e. The highest BCUT2D eigenvalue weighted by molar-refractivity contribution is 5.97. The van der Waals surface area contributed by atoms with Crippen molar-refractivity contribution >= 4 is 59.2 Å². The molecule has 0 radical (unpaired) electrons. The van der Waals surface area contributed by atoms with Crippen molar-refractivity contribution in [1.29, 1.82) is 0 Å². The van der Waals surface area contributed by atoms with Crippen LogP contribution in [-0.4, -0.2) is 147 Å². The Bertz CT molecular complexity index is 2010. The molecule has 3 rings (SSSR count). The molecule has 1 saturated heterocycles. The third-order valence-corrected chi connectivity index (χ3v) is 11.7. The van der Waals surface area contributed by atoms with Crippen LogP contribution in [0.3, 0.4) is 0 Å². The van der Waals surface area contributed by atoms with Crippen molar-refractivity contribution in [3.05, 3.63) is 29.8 Å². The zero-order valence-electron chi connectivity index (χ0n) is 39.4. The average Bonchev–Trinajstić information content (AvgIpc) is 3.95. The van der Waals surface area contributed by atoms with E-state index in [2.05, 4.69) is 36.9 Å². The number of amides is 8. The van der Waals surface area contributed by atoms with Crippen LogP contribution in [0.15, 0.2) is 29.3 Å². The first-order chi connectivity index (χ1) is 31.8. The summed E-state index contributed by atoms with van der Waals surface area (Å²) in [6, 6.07) is -3.37. The number of guanidine groups is 1. The number of likely N-dealkylation sites (tertiary alicyclic amines) is 1. The zero-order chi connectivity index (χ0) is 51.2. The number of benzene rings is 1. The van der Waals surface area contributed by atoms with E-state index in [4.69, 9.17) is 22.9 Å². The van der Waals surface area contributed by atoms with Gasteiger partial charge in [-0.05, 0) is 87.3 Å². The van der Waals surface area contributed by atoms with Crippen LogP contribution >= 0.6 is 0 Å². The van der Waals surface area contributed by atoms with Crippen molar-refractivity contribution in [3.8, 4) is 5.75 Å². The quantitative estimate of drug-likeness (QED) is 0.0235. The van der Waals surface area contributed by atoms with E-state index in [0.717, 1.165) is 5.56 Å². The number of phenols is 1. The molecule has 1 aliphatic heterocycles. The van der Waals surface area contributed by atoms with Crippen LogP contribution in [0.1, 0.15) is 98.0 Å². The summed E-state index contributed by atoms with van der Waals surface area (Å²) >= 11 is 0. The number of nitrogens with two attached hydrogens (primary N) is 4. The normalized spacial score (nSPS) is 20.1. The molecule has 0 aromatic heterocycles. The molecule has 2 fully saturated rings. The Morgan fingerprint density at radius 3 is 1.97 bits per heavy atom. The fraction of sp³-hybridized carbons (Fsp3) is 0.636. The molecule has 17 N–H and O–H groups in total. The molecule has 24 nitrogen and oxygen atoms in total. The maximum Gasteiger partial charge on any atom is 0.303 e.